The standard InChI is InChI=1S/C19H16O6S3/c20-26(21,16-10-4-1-5-11-16)19(27(22,23)17-12-6-2-7-13-17)28(24,25)18-14-8-3-9-15-18/h1-15,19H. The van der Waals surface area contributed by atoms with Crippen LogP contribution in [0.5, 0.6) is 0 Å². The third kappa shape index (κ3) is 3.60. The molecule has 0 aliphatic rings. The third-order valence-corrected chi connectivity index (χ3v) is 12.8. The maximum absolute atomic E-state index is 13.2. The predicted molar refractivity (Wildman–Crippen MR) is 105 cm³/mol. The zero-order valence-corrected chi connectivity index (χ0v) is 16.9. The molecule has 3 aromatic carbocycles. The molecule has 0 bridgehead atoms. The average Bonchev–Trinajstić information content (AvgIpc) is 2.69. The molecule has 9 heteroatoms. The minimum atomic E-state index is -4.79. The maximum atomic E-state index is 13.2. The van der Waals surface area contributed by atoms with Gasteiger partial charge in [-0.2, -0.15) is 0 Å². The Hall–Kier alpha value is -2.49. The van der Waals surface area contributed by atoms with E-state index in [1.165, 1.54) is 72.8 Å². The fourth-order valence-corrected chi connectivity index (χ4v) is 10.9. The highest BCUT2D eigenvalue weighted by Gasteiger charge is 2.50. The van der Waals surface area contributed by atoms with E-state index in [4.69, 9.17) is 0 Å². The van der Waals surface area contributed by atoms with E-state index in [2.05, 4.69) is 0 Å². The molecule has 28 heavy (non-hydrogen) atoms. The molecule has 0 atom stereocenters. The summed E-state index contributed by atoms with van der Waals surface area (Å²) in [6, 6.07) is 20.0. The summed E-state index contributed by atoms with van der Waals surface area (Å²) in [5, 5.41) is 0. The van der Waals surface area contributed by atoms with Crippen LogP contribution in [0.4, 0.5) is 0 Å². The highest BCUT2D eigenvalue weighted by molar-refractivity contribution is 8.24. The Labute approximate surface area is 164 Å². The van der Waals surface area contributed by atoms with Gasteiger partial charge in [0, 0.05) is 0 Å². The van der Waals surface area contributed by atoms with Gasteiger partial charge in [-0.1, -0.05) is 54.6 Å². The Morgan fingerprint density at radius 2 is 0.607 bits per heavy atom. The van der Waals surface area contributed by atoms with Gasteiger partial charge in [0.15, 0.2) is 0 Å². The maximum Gasteiger partial charge on any atom is 0.275 e. The monoisotopic (exact) mass is 436 g/mol. The molecule has 0 saturated carbocycles. The van der Waals surface area contributed by atoms with Gasteiger partial charge in [0.2, 0.25) is 29.5 Å². The number of benzene rings is 3. The van der Waals surface area contributed by atoms with Crippen molar-refractivity contribution in [3.05, 3.63) is 91.0 Å². The van der Waals surface area contributed by atoms with E-state index in [1.54, 1.807) is 18.2 Å². The van der Waals surface area contributed by atoms with Gasteiger partial charge in [-0.3, -0.25) is 0 Å². The molecule has 0 aliphatic heterocycles. The average molecular weight is 437 g/mol. The van der Waals surface area contributed by atoms with Crippen molar-refractivity contribution in [1.29, 1.82) is 0 Å². The normalized spacial score (nSPS) is 12.8. The van der Waals surface area contributed by atoms with Crippen LogP contribution in [0.15, 0.2) is 106 Å². The van der Waals surface area contributed by atoms with Crippen molar-refractivity contribution in [3.8, 4) is 0 Å². The minimum Gasteiger partial charge on any atom is -0.221 e. The first-order valence-corrected chi connectivity index (χ1v) is 12.7. The molecule has 0 aromatic heterocycles. The SMILES string of the molecule is O=S(=O)(c1ccccc1)C(S(=O)(=O)c1ccccc1)S(=O)(=O)c1ccccc1. The van der Waals surface area contributed by atoms with Crippen molar-refractivity contribution in [2.24, 2.45) is 0 Å². The first kappa shape index (κ1) is 20.2. The quantitative estimate of drug-likeness (QED) is 0.589. The van der Waals surface area contributed by atoms with E-state index < -0.39 is 33.4 Å². The van der Waals surface area contributed by atoms with Crippen molar-refractivity contribution >= 4 is 29.5 Å². The summed E-state index contributed by atoms with van der Waals surface area (Å²) in [6.07, 6.45) is 0. The molecular formula is C19H16O6S3. The van der Waals surface area contributed by atoms with Gasteiger partial charge in [0.05, 0.1) is 14.7 Å². The largest absolute Gasteiger partial charge is 0.275 e. The Morgan fingerprint density at radius 1 is 0.393 bits per heavy atom. The van der Waals surface area contributed by atoms with Gasteiger partial charge >= 0.3 is 0 Å². The zero-order chi connectivity index (χ0) is 20.4. The lowest BCUT2D eigenvalue weighted by atomic mass is 10.4. The van der Waals surface area contributed by atoms with Crippen LogP contribution in [0.3, 0.4) is 0 Å². The molecule has 3 rings (SSSR count). The second kappa shape index (κ2) is 7.50. The Balaban J connectivity index is 2.33. The van der Waals surface area contributed by atoms with Gasteiger partial charge < -0.3 is 0 Å². The van der Waals surface area contributed by atoms with Gasteiger partial charge in [-0.05, 0) is 36.4 Å². The highest BCUT2D eigenvalue weighted by atomic mass is 32.3. The first-order valence-electron chi connectivity index (χ1n) is 8.05. The highest BCUT2D eigenvalue weighted by Crippen LogP contribution is 2.33. The summed E-state index contributed by atoms with van der Waals surface area (Å²) in [7, 11) is -14.4. The van der Waals surface area contributed by atoms with E-state index in [0.717, 1.165) is 0 Å². The van der Waals surface area contributed by atoms with Crippen LogP contribution >= 0.6 is 0 Å². The summed E-state index contributed by atoms with van der Waals surface area (Å²) in [6.45, 7) is 0. The summed E-state index contributed by atoms with van der Waals surface area (Å²) in [5.41, 5.74) is 0. The molecular weight excluding hydrogens is 420 g/mol. The van der Waals surface area contributed by atoms with Crippen LogP contribution in [0, 0.1) is 0 Å². The second-order valence-corrected chi connectivity index (χ2v) is 12.9. The van der Waals surface area contributed by atoms with Crippen molar-refractivity contribution in [2.45, 2.75) is 18.6 Å². The molecule has 0 radical (unpaired) electrons. The van der Waals surface area contributed by atoms with Gasteiger partial charge in [-0.25, -0.2) is 25.3 Å². The molecule has 0 aliphatic carbocycles. The molecule has 0 saturated heterocycles. The number of hydrogen-bond donors (Lipinski definition) is 0. The zero-order valence-electron chi connectivity index (χ0n) is 14.4. The summed E-state index contributed by atoms with van der Waals surface area (Å²) in [4.78, 5) is -1.17. The van der Waals surface area contributed by atoms with Crippen LogP contribution in [-0.2, 0) is 29.5 Å². The third-order valence-electron chi connectivity index (χ3n) is 3.98. The van der Waals surface area contributed by atoms with E-state index in [1.807, 2.05) is 0 Å². The number of sulfone groups is 3. The molecule has 0 N–H and O–H groups in total. The fraction of sp³-hybridized carbons (Fsp3) is 0.0526. The molecule has 6 nitrogen and oxygen atoms in total. The molecule has 0 unspecified atom stereocenters. The lowest BCUT2D eigenvalue weighted by Crippen LogP contribution is -2.38. The molecule has 3 aromatic rings. The topological polar surface area (TPSA) is 102 Å². The smallest absolute Gasteiger partial charge is 0.221 e. The molecule has 0 amide bonds. The summed E-state index contributed by atoms with van der Waals surface area (Å²) in [5.74, 6) is 0. The van der Waals surface area contributed by atoms with E-state index in [-0.39, 0.29) is 14.7 Å². The lowest BCUT2D eigenvalue weighted by Gasteiger charge is -2.19. The van der Waals surface area contributed by atoms with Crippen LogP contribution in [0.1, 0.15) is 0 Å². The van der Waals surface area contributed by atoms with Crippen molar-refractivity contribution in [2.75, 3.05) is 0 Å². The fourth-order valence-electron chi connectivity index (χ4n) is 2.66. The van der Waals surface area contributed by atoms with Gasteiger partial charge in [-0.15, -0.1) is 0 Å². The van der Waals surface area contributed by atoms with E-state index in [0.29, 0.717) is 0 Å². The summed E-state index contributed by atoms with van der Waals surface area (Å²) < 4.78 is 76.6. The van der Waals surface area contributed by atoms with Crippen molar-refractivity contribution < 1.29 is 25.3 Å². The Morgan fingerprint density at radius 3 is 0.821 bits per heavy atom. The number of hydrogen-bond acceptors (Lipinski definition) is 6. The molecule has 0 spiro atoms. The van der Waals surface area contributed by atoms with Crippen molar-refractivity contribution in [1.82, 2.24) is 0 Å². The minimum absolute atomic E-state index is 0.390. The van der Waals surface area contributed by atoms with Crippen LogP contribution < -0.4 is 0 Å². The van der Waals surface area contributed by atoms with E-state index in [9.17, 15) is 25.3 Å². The van der Waals surface area contributed by atoms with Gasteiger partial charge in [0.25, 0.3) is 3.91 Å². The first-order chi connectivity index (χ1) is 13.2. The molecule has 0 fully saturated rings. The molecule has 146 valence electrons. The molecule has 0 heterocycles. The Kier molecular flexibility index (Phi) is 5.42. The second-order valence-electron chi connectivity index (χ2n) is 5.86. The van der Waals surface area contributed by atoms with Gasteiger partial charge in [0.1, 0.15) is 0 Å². The Bertz CT molecular complexity index is 1100. The van der Waals surface area contributed by atoms with Crippen molar-refractivity contribution in [3.63, 3.8) is 0 Å². The summed E-state index contributed by atoms with van der Waals surface area (Å²) >= 11 is 0. The van der Waals surface area contributed by atoms with Crippen LogP contribution in [-0.4, -0.2) is 29.2 Å². The van der Waals surface area contributed by atoms with Crippen LogP contribution in [0.2, 0.25) is 0 Å². The lowest BCUT2D eigenvalue weighted by molar-refractivity contribution is 0.573. The predicted octanol–water partition coefficient (Wildman–Crippen LogP) is 2.69. The van der Waals surface area contributed by atoms with Crippen LogP contribution in [0.25, 0.3) is 0 Å². The number of rotatable bonds is 6. The van der Waals surface area contributed by atoms with E-state index >= 15 is 0 Å².